The molecule has 2 aromatic carbocycles. The van der Waals surface area contributed by atoms with E-state index in [1.54, 1.807) is 67.6 Å². The number of nitrogens with zero attached hydrogens (tertiary/aromatic N) is 5. The van der Waals surface area contributed by atoms with E-state index in [4.69, 9.17) is 15.2 Å². The average Bonchev–Trinajstić information content (AvgIpc) is 3.59. The maximum atomic E-state index is 11.7. The number of nitrogen functional groups attached to an aromatic ring is 1. The van der Waals surface area contributed by atoms with Crippen LogP contribution in [0.1, 0.15) is 34.6 Å². The Morgan fingerprint density at radius 1 is 0.889 bits per heavy atom. The first kappa shape index (κ1) is 25.6. The summed E-state index contributed by atoms with van der Waals surface area (Å²) in [5, 5.41) is 11.2. The van der Waals surface area contributed by atoms with E-state index in [1.807, 2.05) is 6.07 Å². The molecule has 2 aromatic heterocycles. The first-order chi connectivity index (χ1) is 17.4. The minimum Gasteiger partial charge on any atom is -0.462 e. The maximum Gasteiger partial charge on any atom is 0.345 e. The summed E-state index contributed by atoms with van der Waals surface area (Å²) < 4.78 is 13.0. The van der Waals surface area contributed by atoms with Gasteiger partial charge in [-0.1, -0.05) is 12.1 Å². The third kappa shape index (κ3) is 5.73. The second-order valence-electron chi connectivity index (χ2n) is 7.05. The Morgan fingerprint density at radius 3 is 1.89 bits per heavy atom. The van der Waals surface area contributed by atoms with Crippen LogP contribution in [0.3, 0.4) is 0 Å². The molecule has 0 unspecified atom stereocenters. The molecule has 4 rings (SSSR count). The predicted molar refractivity (Wildman–Crippen MR) is 130 cm³/mol. The summed E-state index contributed by atoms with van der Waals surface area (Å²) in [6.45, 7) is 3.89. The van der Waals surface area contributed by atoms with Crippen LogP contribution in [0.2, 0.25) is 0 Å². The summed E-state index contributed by atoms with van der Waals surface area (Å²) in [5.41, 5.74) is 7.35. The molecule has 2 N–H and O–H groups in total. The fraction of sp³-hybridized carbons (Fsp3) is 0.167. The van der Waals surface area contributed by atoms with Gasteiger partial charge in [0.05, 0.1) is 47.7 Å². The quantitative estimate of drug-likeness (QED) is 0.176. The molecule has 0 fully saturated rings. The molecule has 2 heterocycles. The van der Waals surface area contributed by atoms with Gasteiger partial charge in [0, 0.05) is 24.8 Å². The summed E-state index contributed by atoms with van der Waals surface area (Å²) >= 11 is 0. The van der Waals surface area contributed by atoms with Crippen molar-refractivity contribution in [2.24, 2.45) is 0 Å². The maximum absolute atomic E-state index is 11.7. The number of hydrogen-bond acceptors (Lipinski definition) is 9. The Bertz CT molecular complexity index is 1340. The standard InChI is InChI=1S/C12H11N3O4.C12H13N3O2/c1-2-19-12(16)9-4-3-5-10(11(9)15(17)18)14-7-6-13-8-14;1-2-17-12(16)9-4-3-5-10(11(9)13)15-7-6-14-8-15/h3-8H,2H2,1H3;3-8H,2,13H2,1H3. The number of nitrogens with two attached hydrogens (primary N) is 1. The van der Waals surface area contributed by atoms with Gasteiger partial charge in [-0.15, -0.1) is 0 Å². The molecule has 12 heteroatoms. The van der Waals surface area contributed by atoms with Crippen LogP contribution in [0.25, 0.3) is 11.4 Å². The fourth-order valence-corrected chi connectivity index (χ4v) is 3.27. The van der Waals surface area contributed by atoms with Crippen LogP contribution >= 0.6 is 0 Å². The lowest BCUT2D eigenvalue weighted by atomic mass is 10.1. The van der Waals surface area contributed by atoms with Gasteiger partial charge in [-0.2, -0.15) is 0 Å². The number of carbonyl (C=O) groups is 2. The summed E-state index contributed by atoms with van der Waals surface area (Å²) in [6, 6.07) is 9.71. The van der Waals surface area contributed by atoms with Gasteiger partial charge in [0.25, 0.3) is 0 Å². The molecule has 186 valence electrons. The zero-order valence-electron chi connectivity index (χ0n) is 19.6. The van der Waals surface area contributed by atoms with Gasteiger partial charge in [0.1, 0.15) is 11.3 Å². The van der Waals surface area contributed by atoms with Crippen LogP contribution in [0.4, 0.5) is 11.4 Å². The number of aromatic nitrogens is 4. The van der Waals surface area contributed by atoms with E-state index in [-0.39, 0.29) is 23.5 Å². The molecule has 0 saturated carbocycles. The second kappa shape index (κ2) is 11.9. The van der Waals surface area contributed by atoms with Crippen LogP contribution in [0, 0.1) is 10.1 Å². The molecule has 0 aliphatic rings. The predicted octanol–water partition coefficient (Wildman–Crippen LogP) is 3.59. The average molecular weight is 492 g/mol. The Morgan fingerprint density at radius 2 is 1.39 bits per heavy atom. The largest absolute Gasteiger partial charge is 0.462 e. The van der Waals surface area contributed by atoms with E-state index in [1.165, 1.54) is 23.2 Å². The molecule has 0 aliphatic carbocycles. The van der Waals surface area contributed by atoms with Crippen molar-refractivity contribution in [3.63, 3.8) is 0 Å². The number of nitro groups is 1. The van der Waals surface area contributed by atoms with Crippen molar-refractivity contribution in [2.45, 2.75) is 13.8 Å². The number of anilines is 1. The Kier molecular flexibility index (Phi) is 8.49. The molecular formula is C24H24N6O6. The highest BCUT2D eigenvalue weighted by Crippen LogP contribution is 2.28. The summed E-state index contributed by atoms with van der Waals surface area (Å²) in [4.78, 5) is 41.8. The van der Waals surface area contributed by atoms with E-state index >= 15 is 0 Å². The van der Waals surface area contributed by atoms with Gasteiger partial charge in [-0.05, 0) is 38.1 Å². The normalized spacial score (nSPS) is 10.2. The van der Waals surface area contributed by atoms with Crippen LogP contribution in [-0.4, -0.2) is 49.2 Å². The van der Waals surface area contributed by atoms with Gasteiger partial charge in [-0.25, -0.2) is 19.6 Å². The lowest BCUT2D eigenvalue weighted by Crippen LogP contribution is -2.10. The van der Waals surface area contributed by atoms with Gasteiger partial charge in [0.2, 0.25) is 0 Å². The van der Waals surface area contributed by atoms with Crippen molar-refractivity contribution >= 4 is 23.3 Å². The van der Waals surface area contributed by atoms with Crippen molar-refractivity contribution in [1.29, 1.82) is 0 Å². The van der Waals surface area contributed by atoms with Crippen molar-refractivity contribution in [3.05, 3.63) is 95.1 Å². The summed E-state index contributed by atoms with van der Waals surface area (Å²) in [5.74, 6) is -1.12. The number of ether oxygens (including phenoxy) is 2. The zero-order valence-corrected chi connectivity index (χ0v) is 19.6. The molecular weight excluding hydrogens is 468 g/mol. The van der Waals surface area contributed by atoms with E-state index < -0.39 is 16.9 Å². The minimum atomic E-state index is -0.712. The second-order valence-corrected chi connectivity index (χ2v) is 7.05. The number of esters is 2. The number of para-hydroxylation sites is 2. The van der Waals surface area contributed by atoms with Crippen LogP contribution in [0.15, 0.2) is 73.8 Å². The minimum absolute atomic E-state index is 0.0712. The van der Waals surface area contributed by atoms with Crippen molar-refractivity contribution in [2.75, 3.05) is 18.9 Å². The monoisotopic (exact) mass is 492 g/mol. The molecule has 0 aliphatic heterocycles. The molecule has 12 nitrogen and oxygen atoms in total. The zero-order chi connectivity index (χ0) is 26.1. The molecule has 0 saturated heterocycles. The van der Waals surface area contributed by atoms with Gasteiger partial charge in [-0.3, -0.25) is 10.1 Å². The number of imidazole rings is 2. The van der Waals surface area contributed by atoms with Gasteiger partial charge < -0.3 is 24.3 Å². The molecule has 4 aromatic rings. The van der Waals surface area contributed by atoms with E-state index in [2.05, 4.69) is 9.97 Å². The van der Waals surface area contributed by atoms with E-state index in [9.17, 15) is 19.7 Å². The Labute approximate surface area is 206 Å². The van der Waals surface area contributed by atoms with Crippen molar-refractivity contribution < 1.29 is 24.0 Å². The SMILES string of the molecule is CCOC(=O)c1cccc(-n2ccnc2)c1N.CCOC(=O)c1cccc(-n2ccnc2)c1[N+](=O)[O-]. The van der Waals surface area contributed by atoms with Gasteiger partial charge in [0.15, 0.2) is 0 Å². The summed E-state index contributed by atoms with van der Waals surface area (Å²) in [7, 11) is 0. The highest BCUT2D eigenvalue weighted by atomic mass is 16.6. The first-order valence-electron chi connectivity index (χ1n) is 10.9. The number of carbonyl (C=O) groups excluding carboxylic acids is 2. The topological polar surface area (TPSA) is 157 Å². The van der Waals surface area contributed by atoms with Crippen LogP contribution in [0.5, 0.6) is 0 Å². The third-order valence-electron chi connectivity index (χ3n) is 4.84. The smallest absolute Gasteiger partial charge is 0.345 e. The Hall–Kier alpha value is -5.00. The number of hydrogen-bond donors (Lipinski definition) is 1. The molecule has 0 atom stereocenters. The van der Waals surface area contributed by atoms with Gasteiger partial charge >= 0.3 is 17.6 Å². The molecule has 36 heavy (non-hydrogen) atoms. The number of rotatable bonds is 7. The fourth-order valence-electron chi connectivity index (χ4n) is 3.27. The van der Waals surface area contributed by atoms with Crippen molar-refractivity contribution in [3.8, 4) is 11.4 Å². The Balaban J connectivity index is 0.000000202. The molecule has 0 amide bonds. The lowest BCUT2D eigenvalue weighted by Gasteiger charge is -2.10. The highest BCUT2D eigenvalue weighted by Gasteiger charge is 2.26. The molecule has 0 spiro atoms. The first-order valence-corrected chi connectivity index (χ1v) is 10.9. The number of benzene rings is 2. The lowest BCUT2D eigenvalue weighted by molar-refractivity contribution is -0.384. The molecule has 0 radical (unpaired) electrons. The van der Waals surface area contributed by atoms with Crippen LogP contribution < -0.4 is 5.73 Å². The highest BCUT2D eigenvalue weighted by molar-refractivity contribution is 5.97. The summed E-state index contributed by atoms with van der Waals surface area (Å²) in [6.07, 6.45) is 9.53. The molecule has 0 bridgehead atoms. The van der Waals surface area contributed by atoms with E-state index in [0.717, 1.165) is 0 Å². The third-order valence-corrected chi connectivity index (χ3v) is 4.84. The van der Waals surface area contributed by atoms with Crippen molar-refractivity contribution in [1.82, 2.24) is 19.1 Å². The van der Waals surface area contributed by atoms with E-state index in [0.29, 0.717) is 23.5 Å². The van der Waals surface area contributed by atoms with Crippen LogP contribution in [-0.2, 0) is 9.47 Å². The number of nitro benzene ring substituents is 1.